The summed E-state index contributed by atoms with van der Waals surface area (Å²) < 4.78 is 403. The van der Waals surface area contributed by atoms with Crippen LogP contribution < -0.4 is 8.25 Å². The number of benzene rings is 4. The molecule has 0 radical (unpaired) electrons. The van der Waals surface area contributed by atoms with Gasteiger partial charge in [-0.1, -0.05) is 20.4 Å². The van der Waals surface area contributed by atoms with Crippen LogP contribution in [0, 0.1) is 23.3 Å². The first-order valence-electron chi connectivity index (χ1n) is 16.5. The normalized spacial score (nSPS) is 14.5. The predicted octanol–water partition coefficient (Wildman–Crippen LogP) is 6.85. The number of nitrogens with one attached hydrogen (secondary N) is 2. The van der Waals surface area contributed by atoms with Crippen molar-refractivity contribution in [3.8, 4) is 11.1 Å². The molecule has 4 N–H and O–H groups in total. The van der Waals surface area contributed by atoms with Crippen molar-refractivity contribution in [1.82, 2.24) is 8.25 Å². The van der Waals surface area contributed by atoms with Crippen molar-refractivity contribution in [2.45, 2.75) is 62.2 Å². The average molecular weight is 1190 g/mol. The number of hydrogen-bond donors (Lipinski definition) is 4. The summed E-state index contributed by atoms with van der Waals surface area (Å²) in [6.45, 7) is 0. The van der Waals surface area contributed by atoms with E-state index in [0.717, 1.165) is 0 Å². The summed E-state index contributed by atoms with van der Waals surface area (Å²) in [6, 6.07) is -0.664. The van der Waals surface area contributed by atoms with E-state index in [4.69, 9.17) is 4.55 Å². The van der Waals surface area contributed by atoms with E-state index in [1.165, 1.54) is 0 Å². The summed E-state index contributed by atoms with van der Waals surface area (Å²) in [5.41, 5.74) is -4.03. The van der Waals surface area contributed by atoms with Crippen molar-refractivity contribution in [2.24, 2.45) is 0 Å². The minimum absolute atomic E-state index is 0.0120. The Labute approximate surface area is 389 Å². The van der Waals surface area contributed by atoms with Crippen molar-refractivity contribution in [3.05, 3.63) is 96.1 Å². The monoisotopic (exact) mass is 1190 g/mol. The number of alkyl halides is 12. The van der Waals surface area contributed by atoms with Crippen LogP contribution in [0.5, 0.6) is 0 Å². The van der Waals surface area contributed by atoms with Gasteiger partial charge in [0, 0.05) is 11.1 Å². The first-order valence-corrected chi connectivity index (χ1v) is 26.9. The molecule has 390 valence electrons. The molecule has 0 amide bonds. The number of hydrogen-bond acceptors (Lipinski definition) is 14. The summed E-state index contributed by atoms with van der Waals surface area (Å²) in [7, 11) is -40.4. The van der Waals surface area contributed by atoms with Crippen LogP contribution in [0.3, 0.4) is 0 Å². The molecule has 0 saturated carbocycles. The van der Waals surface area contributed by atoms with Gasteiger partial charge in [0.05, 0.1) is 19.6 Å². The molecule has 4 aromatic carbocycles. The zero-order valence-electron chi connectivity index (χ0n) is 32.0. The molecule has 0 saturated heterocycles. The molecule has 4 rings (SSSR count). The first kappa shape index (κ1) is 58.6. The lowest BCUT2D eigenvalue weighted by Crippen LogP contribution is -2.65. The van der Waals surface area contributed by atoms with Gasteiger partial charge in [-0.15, -0.1) is 0 Å². The molecule has 70 heavy (non-hydrogen) atoms. The van der Waals surface area contributed by atoms with Gasteiger partial charge in [-0.05, 0) is 84.2 Å². The minimum atomic E-state index is -8.27. The Morgan fingerprint density at radius 2 is 0.929 bits per heavy atom. The van der Waals surface area contributed by atoms with Crippen LogP contribution >= 0.6 is 23.5 Å². The van der Waals surface area contributed by atoms with E-state index >= 15 is 22.0 Å². The molecular formula is C30H16F16N2O14S8. The summed E-state index contributed by atoms with van der Waals surface area (Å²) in [4.78, 5) is -12.0. The Balaban J connectivity index is 1.78. The molecule has 0 fully saturated rings. The van der Waals surface area contributed by atoms with Crippen LogP contribution in [-0.4, -0.2) is 92.5 Å². The second-order valence-electron chi connectivity index (χ2n) is 13.0. The fourth-order valence-electron chi connectivity index (χ4n) is 4.96. The van der Waals surface area contributed by atoms with Gasteiger partial charge in [-0.25, -0.2) is 51.2 Å². The highest BCUT2D eigenvalue weighted by atomic mass is 32.3. The van der Waals surface area contributed by atoms with Crippen LogP contribution in [0.15, 0.2) is 102 Å². The van der Waals surface area contributed by atoms with Crippen molar-refractivity contribution in [1.29, 1.82) is 0 Å². The van der Waals surface area contributed by atoms with E-state index < -0.39 is 191 Å². The summed E-state index contributed by atoms with van der Waals surface area (Å²) >= 11 is -4.12. The predicted molar refractivity (Wildman–Crippen MR) is 204 cm³/mol. The lowest BCUT2D eigenvalue weighted by atomic mass is 10.0. The average Bonchev–Trinajstić information content (AvgIpc) is 3.18. The Bertz CT molecular complexity index is 3460. The Morgan fingerprint density at radius 1 is 0.457 bits per heavy atom. The highest BCUT2D eigenvalue weighted by Gasteiger charge is 2.85. The Kier molecular flexibility index (Phi) is 15.5. The van der Waals surface area contributed by atoms with Crippen LogP contribution in [0.25, 0.3) is 11.1 Å². The fourth-order valence-corrected chi connectivity index (χ4v) is 14.7. The highest BCUT2D eigenvalue weighted by Crippen LogP contribution is 2.59. The maximum absolute atomic E-state index is 15.9. The van der Waals surface area contributed by atoms with Crippen LogP contribution in [0.1, 0.15) is 0 Å². The van der Waals surface area contributed by atoms with Crippen LogP contribution in [-0.2, 0) is 60.3 Å². The standard InChI is InChI=1S/C30H16F16N2O14S8/c31-13-4-9-19(33)20(11-13)63-27(39,40)25(35,36)26(37,38)29(43,44)69(59,60)48-66(51,52)22-3-1-2-17(24(22)68(56,57)58)18-10-14(32)12-21(23(18)34)64-28(41,42)30(45,46)70(61,62)47-65(49,50)15-5-7-16(8-6-15)67(53,54)55/h1-12,47-48H,(H,53,54,55)(H,56,57,58). The van der Waals surface area contributed by atoms with Gasteiger partial charge >= 0.3 is 32.9 Å². The van der Waals surface area contributed by atoms with Gasteiger partial charge in [-0.2, -0.15) is 69.5 Å². The van der Waals surface area contributed by atoms with Crippen molar-refractivity contribution >= 4 is 83.9 Å². The second kappa shape index (κ2) is 18.5. The number of thioether (sulfide) groups is 2. The first-order chi connectivity index (χ1) is 31.1. The fraction of sp³-hybridized carbons (Fsp3) is 0.200. The van der Waals surface area contributed by atoms with Crippen molar-refractivity contribution < 1.29 is 130 Å². The molecule has 0 spiro atoms. The Morgan fingerprint density at radius 3 is 1.44 bits per heavy atom. The van der Waals surface area contributed by atoms with E-state index in [0.29, 0.717) is 0 Å². The van der Waals surface area contributed by atoms with Crippen LogP contribution in [0.4, 0.5) is 70.2 Å². The largest absolute Gasteiger partial charge is 0.431 e. The lowest BCUT2D eigenvalue weighted by molar-refractivity contribution is -0.324. The smallest absolute Gasteiger partial charge is 0.282 e. The number of rotatable bonds is 19. The number of halogens is 16. The highest BCUT2D eigenvalue weighted by molar-refractivity contribution is 8.07. The van der Waals surface area contributed by atoms with Gasteiger partial charge in [0.15, 0.2) is 0 Å². The van der Waals surface area contributed by atoms with Crippen molar-refractivity contribution in [2.75, 3.05) is 0 Å². The zero-order chi connectivity index (χ0) is 54.2. The van der Waals surface area contributed by atoms with Gasteiger partial charge < -0.3 is 0 Å². The van der Waals surface area contributed by atoms with E-state index in [-0.39, 0.29) is 70.9 Å². The van der Waals surface area contributed by atoms with E-state index in [1.54, 1.807) is 0 Å². The van der Waals surface area contributed by atoms with Gasteiger partial charge in [0.25, 0.3) is 60.3 Å². The maximum Gasteiger partial charge on any atom is 0.431 e. The zero-order valence-corrected chi connectivity index (χ0v) is 38.6. The molecule has 40 heteroatoms. The van der Waals surface area contributed by atoms with Gasteiger partial charge in [0.1, 0.15) is 33.1 Å². The number of sulfonamides is 4. The Hall–Kier alpha value is -4.00. The molecule has 0 atom stereocenters. The van der Waals surface area contributed by atoms with Gasteiger partial charge in [0.2, 0.25) is 0 Å². The minimum Gasteiger partial charge on any atom is -0.282 e. The van der Waals surface area contributed by atoms with E-state index in [1.807, 2.05) is 0 Å². The molecule has 0 bridgehead atoms. The van der Waals surface area contributed by atoms with Crippen LogP contribution in [0.2, 0.25) is 0 Å². The molecule has 0 aliphatic rings. The molecule has 0 aliphatic heterocycles. The maximum atomic E-state index is 15.9. The summed E-state index contributed by atoms with van der Waals surface area (Å²) in [6.07, 6.45) is 0. The second-order valence-corrected chi connectivity index (χ2v) is 25.4. The molecule has 0 heterocycles. The summed E-state index contributed by atoms with van der Waals surface area (Å²) in [5, 5.41) is -27.9. The van der Waals surface area contributed by atoms with E-state index in [9.17, 15) is 103 Å². The molecular weight excluding hydrogens is 1170 g/mol. The third-order valence-corrected chi connectivity index (χ3v) is 19.5. The van der Waals surface area contributed by atoms with E-state index in [2.05, 4.69) is 0 Å². The molecule has 0 aliphatic carbocycles. The molecule has 16 nitrogen and oxygen atoms in total. The third-order valence-electron chi connectivity index (χ3n) is 8.20. The van der Waals surface area contributed by atoms with Gasteiger partial charge in [-0.3, -0.25) is 9.11 Å². The van der Waals surface area contributed by atoms with Crippen molar-refractivity contribution in [3.63, 3.8) is 0 Å². The molecule has 0 unspecified atom stereocenters. The summed E-state index contributed by atoms with van der Waals surface area (Å²) in [5.74, 6) is -24.5. The topological polar surface area (TPSA) is 269 Å². The molecule has 0 aromatic heterocycles. The quantitative estimate of drug-likeness (QED) is 0.0425. The molecule has 4 aromatic rings. The SMILES string of the molecule is O=S(=O)(O)c1ccc(S(=O)(=O)NS(=O)(=O)C(F)(F)C(F)(F)Sc2cc(F)cc(-c3cccc(S(=O)(=O)NS(=O)(=O)C(F)(F)C(F)(F)C(F)(F)C(F)(F)Sc4cc(F)ccc4F)c3S(=O)(=O)O)c2F)cc1. The third kappa shape index (κ3) is 10.9. The lowest BCUT2D eigenvalue weighted by Gasteiger charge is -2.35.